The second-order valence-corrected chi connectivity index (χ2v) is 2.89. The number of aryl methyl sites for hydroxylation is 1. The van der Waals surface area contributed by atoms with Gasteiger partial charge >= 0.3 is 0 Å². The van der Waals surface area contributed by atoms with Crippen LogP contribution < -0.4 is 5.73 Å². The molecule has 0 aliphatic heterocycles. The first kappa shape index (κ1) is 9.75. The Morgan fingerprint density at radius 2 is 2.46 bits per heavy atom. The maximum absolute atomic E-state index is 5.87. The van der Waals surface area contributed by atoms with Crippen molar-refractivity contribution in [2.45, 2.75) is 25.8 Å². The fraction of sp³-hybridized carbons (Fsp3) is 0.556. The van der Waals surface area contributed by atoms with Gasteiger partial charge in [0.05, 0.1) is 11.7 Å². The van der Waals surface area contributed by atoms with Crippen molar-refractivity contribution >= 4 is 0 Å². The molecule has 0 spiro atoms. The molecule has 0 saturated carbocycles. The maximum Gasteiger partial charge on any atom is 0.0994 e. The Morgan fingerprint density at radius 3 is 3.00 bits per heavy atom. The topological polar surface area (TPSA) is 56.7 Å². The van der Waals surface area contributed by atoms with E-state index in [1.165, 1.54) is 0 Å². The highest BCUT2D eigenvalue weighted by atomic mass is 15.4. The van der Waals surface area contributed by atoms with E-state index >= 15 is 0 Å². The zero-order valence-electron chi connectivity index (χ0n) is 7.99. The van der Waals surface area contributed by atoms with Crippen molar-refractivity contribution in [2.24, 2.45) is 12.8 Å². The minimum Gasteiger partial charge on any atom is -0.323 e. The first-order valence-electron chi connectivity index (χ1n) is 4.25. The molecule has 1 aromatic rings. The second-order valence-electron chi connectivity index (χ2n) is 2.89. The van der Waals surface area contributed by atoms with E-state index in [1.54, 1.807) is 4.68 Å². The summed E-state index contributed by atoms with van der Waals surface area (Å²) in [5.74, 6) is 5.80. The highest BCUT2D eigenvalue weighted by molar-refractivity contribution is 5.02. The quantitative estimate of drug-likeness (QED) is 0.690. The first-order chi connectivity index (χ1) is 6.24. The molecular formula is C9H14N4. The number of nitrogens with two attached hydrogens (primary N) is 1. The summed E-state index contributed by atoms with van der Waals surface area (Å²) in [6.07, 6.45) is 3.48. The molecule has 0 radical (unpaired) electrons. The van der Waals surface area contributed by atoms with Crippen LogP contribution in [0.25, 0.3) is 0 Å². The van der Waals surface area contributed by atoms with Gasteiger partial charge in [-0.25, -0.2) is 0 Å². The van der Waals surface area contributed by atoms with Gasteiger partial charge in [-0.1, -0.05) is 5.21 Å². The minimum absolute atomic E-state index is 0.0467. The Bertz CT molecular complexity index is 318. The van der Waals surface area contributed by atoms with Gasteiger partial charge < -0.3 is 5.73 Å². The summed E-state index contributed by atoms with van der Waals surface area (Å²) in [7, 11) is 1.83. The summed E-state index contributed by atoms with van der Waals surface area (Å²) in [6.45, 7) is 1.83. The van der Waals surface area contributed by atoms with Gasteiger partial charge in [0.1, 0.15) is 0 Å². The molecule has 4 heteroatoms. The normalized spacial score (nSPS) is 11.9. The van der Waals surface area contributed by atoms with Crippen molar-refractivity contribution in [1.29, 1.82) is 0 Å². The number of hydrogen-bond donors (Lipinski definition) is 1. The molecule has 1 rings (SSSR count). The van der Waals surface area contributed by atoms with Crippen LogP contribution in [0.1, 0.15) is 31.5 Å². The fourth-order valence-corrected chi connectivity index (χ4v) is 1.04. The summed E-state index contributed by atoms with van der Waals surface area (Å²) >= 11 is 0. The fourth-order valence-electron chi connectivity index (χ4n) is 1.04. The van der Waals surface area contributed by atoms with E-state index in [4.69, 9.17) is 5.73 Å². The smallest absolute Gasteiger partial charge is 0.0994 e. The second kappa shape index (κ2) is 4.63. The van der Waals surface area contributed by atoms with Crippen molar-refractivity contribution in [3.05, 3.63) is 11.9 Å². The van der Waals surface area contributed by atoms with Crippen LogP contribution in [0.2, 0.25) is 0 Å². The van der Waals surface area contributed by atoms with E-state index in [1.807, 2.05) is 20.2 Å². The van der Waals surface area contributed by atoms with Gasteiger partial charge in [-0.3, -0.25) is 4.68 Å². The molecule has 0 fully saturated rings. The minimum atomic E-state index is -0.0467. The Balaban J connectivity index is 2.47. The van der Waals surface area contributed by atoms with Crippen LogP contribution in [0.4, 0.5) is 0 Å². The van der Waals surface area contributed by atoms with Gasteiger partial charge in [0.2, 0.25) is 0 Å². The number of rotatable bonds is 3. The molecule has 13 heavy (non-hydrogen) atoms. The van der Waals surface area contributed by atoms with E-state index in [0.717, 1.165) is 18.5 Å². The summed E-state index contributed by atoms with van der Waals surface area (Å²) in [5, 5.41) is 7.75. The van der Waals surface area contributed by atoms with E-state index in [-0.39, 0.29) is 6.04 Å². The molecule has 0 amide bonds. The lowest BCUT2D eigenvalue weighted by atomic mass is 10.1. The zero-order chi connectivity index (χ0) is 9.68. The Hall–Kier alpha value is -1.34. The first-order valence-corrected chi connectivity index (χ1v) is 4.25. The molecule has 0 bridgehead atoms. The van der Waals surface area contributed by atoms with E-state index in [0.29, 0.717) is 0 Å². The van der Waals surface area contributed by atoms with Gasteiger partial charge in [-0.2, -0.15) is 0 Å². The lowest BCUT2D eigenvalue weighted by molar-refractivity contribution is 0.643. The molecule has 1 unspecified atom stereocenters. The van der Waals surface area contributed by atoms with Crippen LogP contribution in [-0.2, 0) is 7.05 Å². The third kappa shape index (κ3) is 2.88. The average molecular weight is 178 g/mol. The Kier molecular flexibility index (Phi) is 3.47. The van der Waals surface area contributed by atoms with Gasteiger partial charge in [0.15, 0.2) is 0 Å². The van der Waals surface area contributed by atoms with Gasteiger partial charge in [-0.05, 0) is 13.3 Å². The van der Waals surface area contributed by atoms with Crippen molar-refractivity contribution < 1.29 is 0 Å². The summed E-state index contributed by atoms with van der Waals surface area (Å²) in [5.41, 5.74) is 6.70. The molecule has 2 N–H and O–H groups in total. The summed E-state index contributed by atoms with van der Waals surface area (Å²) in [4.78, 5) is 0. The van der Waals surface area contributed by atoms with E-state index in [2.05, 4.69) is 22.2 Å². The molecule has 1 heterocycles. The monoisotopic (exact) mass is 178 g/mol. The lowest BCUT2D eigenvalue weighted by Crippen LogP contribution is -2.10. The van der Waals surface area contributed by atoms with Gasteiger partial charge in [-0.15, -0.1) is 16.9 Å². The van der Waals surface area contributed by atoms with Crippen LogP contribution in [-0.4, -0.2) is 15.0 Å². The van der Waals surface area contributed by atoms with Crippen LogP contribution in [0, 0.1) is 11.8 Å². The highest BCUT2D eigenvalue weighted by Gasteiger charge is 2.08. The summed E-state index contributed by atoms with van der Waals surface area (Å²) in [6, 6.07) is -0.0467. The van der Waals surface area contributed by atoms with Crippen LogP contribution >= 0.6 is 0 Å². The van der Waals surface area contributed by atoms with Gasteiger partial charge in [0, 0.05) is 19.7 Å². The van der Waals surface area contributed by atoms with Crippen molar-refractivity contribution in [2.75, 3.05) is 0 Å². The summed E-state index contributed by atoms with van der Waals surface area (Å²) < 4.78 is 1.65. The van der Waals surface area contributed by atoms with E-state index < -0.39 is 0 Å². The van der Waals surface area contributed by atoms with Crippen LogP contribution in [0.15, 0.2) is 6.20 Å². The molecule has 1 aromatic heterocycles. The van der Waals surface area contributed by atoms with Crippen LogP contribution in [0.3, 0.4) is 0 Å². The van der Waals surface area contributed by atoms with Crippen molar-refractivity contribution in [1.82, 2.24) is 15.0 Å². The number of hydrogen-bond acceptors (Lipinski definition) is 3. The van der Waals surface area contributed by atoms with Crippen LogP contribution in [0.5, 0.6) is 0 Å². The molecule has 70 valence electrons. The average Bonchev–Trinajstić information content (AvgIpc) is 2.52. The molecular weight excluding hydrogens is 164 g/mol. The Morgan fingerprint density at radius 1 is 1.69 bits per heavy atom. The zero-order valence-corrected chi connectivity index (χ0v) is 7.99. The Labute approximate surface area is 78.1 Å². The van der Waals surface area contributed by atoms with E-state index in [9.17, 15) is 0 Å². The predicted octanol–water partition coefficient (Wildman–Crippen LogP) is 0.618. The standard InChI is InChI=1S/C9H14N4/c1-3-4-5-6-8(10)9-7-13(2)12-11-9/h7-8H,5-6,10H2,1-2H3. The van der Waals surface area contributed by atoms with Gasteiger partial charge in [0.25, 0.3) is 0 Å². The molecule has 0 aliphatic rings. The molecule has 1 atom stereocenters. The lowest BCUT2D eigenvalue weighted by Gasteiger charge is -2.03. The third-order valence-corrected chi connectivity index (χ3v) is 1.76. The largest absolute Gasteiger partial charge is 0.323 e. The number of nitrogens with zero attached hydrogens (tertiary/aromatic N) is 3. The maximum atomic E-state index is 5.87. The van der Waals surface area contributed by atoms with Crippen molar-refractivity contribution in [3.8, 4) is 11.8 Å². The SMILES string of the molecule is CC#CCCC(N)c1cn(C)nn1. The molecule has 0 aromatic carbocycles. The third-order valence-electron chi connectivity index (χ3n) is 1.76. The molecule has 0 aliphatic carbocycles. The molecule has 4 nitrogen and oxygen atoms in total. The highest BCUT2D eigenvalue weighted by Crippen LogP contribution is 2.11. The molecule has 0 saturated heterocycles. The predicted molar refractivity (Wildman–Crippen MR) is 50.6 cm³/mol. The van der Waals surface area contributed by atoms with Crippen molar-refractivity contribution in [3.63, 3.8) is 0 Å². The number of aromatic nitrogens is 3.